The zero-order chi connectivity index (χ0) is 14.9. The molecule has 0 N–H and O–H groups in total. The summed E-state index contributed by atoms with van der Waals surface area (Å²) in [5.74, 6) is 0. The van der Waals surface area contributed by atoms with Crippen molar-refractivity contribution in [2.45, 2.75) is 34.6 Å². The van der Waals surface area contributed by atoms with Gasteiger partial charge in [0.1, 0.15) is 0 Å². The molecule has 104 valence electrons. The van der Waals surface area contributed by atoms with Crippen LogP contribution in [-0.4, -0.2) is 0 Å². The molecule has 0 aromatic heterocycles. The maximum atomic E-state index is 2.36. The van der Waals surface area contributed by atoms with Crippen LogP contribution in [0.5, 0.6) is 0 Å². The van der Waals surface area contributed by atoms with Crippen molar-refractivity contribution >= 4 is 32.3 Å². The summed E-state index contributed by atoms with van der Waals surface area (Å²) in [6, 6.07) is 11.6. The normalized spacial score (nSPS) is 12.0. The highest BCUT2D eigenvalue weighted by Crippen LogP contribution is 2.40. The van der Waals surface area contributed by atoms with Crippen LogP contribution in [0.15, 0.2) is 30.3 Å². The van der Waals surface area contributed by atoms with E-state index in [0.29, 0.717) is 0 Å². The second-order valence-electron chi connectivity index (χ2n) is 6.51. The van der Waals surface area contributed by atoms with Crippen molar-refractivity contribution in [2.75, 3.05) is 0 Å². The molecule has 0 amide bonds. The minimum atomic E-state index is 1.37. The zero-order valence-electron chi connectivity index (χ0n) is 13.4. The Morgan fingerprint density at radius 1 is 0.524 bits per heavy atom. The predicted molar refractivity (Wildman–Crippen MR) is 93.8 cm³/mol. The lowest BCUT2D eigenvalue weighted by Gasteiger charge is -2.18. The first-order valence-corrected chi connectivity index (χ1v) is 7.64. The maximum absolute atomic E-state index is 2.36. The molecule has 0 aliphatic rings. The van der Waals surface area contributed by atoms with Crippen LogP contribution in [0.1, 0.15) is 27.8 Å². The van der Waals surface area contributed by atoms with E-state index in [4.69, 9.17) is 0 Å². The van der Waals surface area contributed by atoms with Crippen LogP contribution < -0.4 is 0 Å². The molecule has 0 spiro atoms. The van der Waals surface area contributed by atoms with Gasteiger partial charge in [-0.3, -0.25) is 0 Å². The van der Waals surface area contributed by atoms with Gasteiger partial charge in [0.2, 0.25) is 0 Å². The number of hydrogen-bond acceptors (Lipinski definition) is 0. The van der Waals surface area contributed by atoms with E-state index in [0.717, 1.165) is 0 Å². The molecule has 4 aromatic carbocycles. The fourth-order valence-corrected chi connectivity index (χ4v) is 3.89. The molecule has 0 saturated heterocycles. The fraction of sp³-hybridized carbons (Fsp3) is 0.238. The van der Waals surface area contributed by atoms with Gasteiger partial charge in [-0.25, -0.2) is 0 Å². The monoisotopic (exact) mass is 272 g/mol. The minimum Gasteiger partial charge on any atom is -0.0537 e. The van der Waals surface area contributed by atoms with Gasteiger partial charge in [0.15, 0.2) is 0 Å². The second kappa shape index (κ2) is 3.98. The Morgan fingerprint density at radius 2 is 1.14 bits per heavy atom. The lowest BCUT2D eigenvalue weighted by molar-refractivity contribution is 1.37. The Kier molecular flexibility index (Phi) is 2.39. The van der Waals surface area contributed by atoms with Crippen LogP contribution >= 0.6 is 0 Å². The van der Waals surface area contributed by atoms with E-state index < -0.39 is 0 Å². The van der Waals surface area contributed by atoms with Gasteiger partial charge >= 0.3 is 0 Å². The Hall–Kier alpha value is -2.08. The van der Waals surface area contributed by atoms with Crippen LogP contribution in [0.2, 0.25) is 0 Å². The van der Waals surface area contributed by atoms with E-state index in [9.17, 15) is 0 Å². The van der Waals surface area contributed by atoms with Crippen molar-refractivity contribution in [2.24, 2.45) is 0 Å². The summed E-state index contributed by atoms with van der Waals surface area (Å²) < 4.78 is 0. The third-order valence-corrected chi connectivity index (χ3v) is 5.25. The molecule has 0 heteroatoms. The number of aryl methyl sites for hydroxylation is 5. The van der Waals surface area contributed by atoms with Crippen LogP contribution in [0.25, 0.3) is 32.3 Å². The summed E-state index contributed by atoms with van der Waals surface area (Å²) >= 11 is 0. The number of rotatable bonds is 0. The third-order valence-electron chi connectivity index (χ3n) is 5.25. The number of hydrogen-bond donors (Lipinski definition) is 0. The van der Waals surface area contributed by atoms with E-state index in [-0.39, 0.29) is 0 Å². The summed E-state index contributed by atoms with van der Waals surface area (Å²) in [6.07, 6.45) is 0. The molecule has 0 nitrogen and oxygen atoms in total. The molecule has 4 aromatic rings. The van der Waals surface area contributed by atoms with Gasteiger partial charge in [-0.1, -0.05) is 30.3 Å². The number of benzene rings is 4. The van der Waals surface area contributed by atoms with Gasteiger partial charge in [-0.05, 0) is 94.8 Å². The molecule has 0 aliphatic heterocycles. The Balaban J connectivity index is 2.46. The third kappa shape index (κ3) is 1.51. The first-order valence-electron chi connectivity index (χ1n) is 7.64. The highest BCUT2D eigenvalue weighted by molar-refractivity contribution is 6.25. The summed E-state index contributed by atoms with van der Waals surface area (Å²) in [4.78, 5) is 0. The van der Waals surface area contributed by atoms with Crippen LogP contribution in [0.4, 0.5) is 0 Å². The van der Waals surface area contributed by atoms with Crippen molar-refractivity contribution in [3.05, 3.63) is 58.1 Å². The smallest absolute Gasteiger partial charge is 0.00212 e. The van der Waals surface area contributed by atoms with Gasteiger partial charge in [-0.15, -0.1) is 0 Å². The maximum Gasteiger partial charge on any atom is -0.00212 e. The van der Waals surface area contributed by atoms with Crippen LogP contribution in [0.3, 0.4) is 0 Å². The highest BCUT2D eigenvalue weighted by Gasteiger charge is 2.15. The molecule has 4 rings (SSSR count). The molecule has 0 bridgehead atoms. The van der Waals surface area contributed by atoms with Crippen molar-refractivity contribution in [1.29, 1.82) is 0 Å². The molecule has 0 radical (unpaired) electrons. The summed E-state index contributed by atoms with van der Waals surface area (Å²) in [5, 5.41) is 8.51. The topological polar surface area (TPSA) is 0 Å². The van der Waals surface area contributed by atoms with Gasteiger partial charge < -0.3 is 0 Å². The summed E-state index contributed by atoms with van der Waals surface area (Å²) in [5.41, 5.74) is 7.00. The van der Waals surface area contributed by atoms with Gasteiger partial charge in [-0.2, -0.15) is 0 Å². The molecule has 0 heterocycles. The first-order chi connectivity index (χ1) is 9.99. The first kappa shape index (κ1) is 12.6. The van der Waals surface area contributed by atoms with E-state index in [1.165, 1.54) is 60.1 Å². The average Bonchev–Trinajstić information content (AvgIpc) is 2.44. The minimum absolute atomic E-state index is 1.37. The molecular weight excluding hydrogens is 252 g/mol. The van der Waals surface area contributed by atoms with Gasteiger partial charge in [0, 0.05) is 0 Å². The van der Waals surface area contributed by atoms with Gasteiger partial charge in [0.25, 0.3) is 0 Å². The Labute approximate surface area is 125 Å². The summed E-state index contributed by atoms with van der Waals surface area (Å²) in [7, 11) is 0. The standard InChI is InChI=1S/C21H20/c1-11-9-17-10-13(3)19-15(5)12(2)8-16-6-7-18(14(11)4)20(17)21(16)19/h6-10H,1-5H3. The Bertz CT molecular complexity index is 1020. The van der Waals surface area contributed by atoms with Crippen molar-refractivity contribution in [1.82, 2.24) is 0 Å². The largest absolute Gasteiger partial charge is 0.0537 e. The van der Waals surface area contributed by atoms with Crippen molar-refractivity contribution in [3.63, 3.8) is 0 Å². The Morgan fingerprint density at radius 3 is 1.90 bits per heavy atom. The SMILES string of the molecule is Cc1cc2cc(C)c3c(C)c(C)cc4ccc(c1C)c2c43. The zero-order valence-corrected chi connectivity index (χ0v) is 13.4. The van der Waals surface area contributed by atoms with Crippen LogP contribution in [0, 0.1) is 34.6 Å². The molecule has 0 fully saturated rings. The molecule has 21 heavy (non-hydrogen) atoms. The van der Waals surface area contributed by atoms with Gasteiger partial charge in [0.05, 0.1) is 0 Å². The molecular formula is C21H20. The predicted octanol–water partition coefficient (Wildman–Crippen LogP) is 6.13. The van der Waals surface area contributed by atoms with E-state index in [1.807, 2.05) is 0 Å². The van der Waals surface area contributed by atoms with E-state index in [1.54, 1.807) is 0 Å². The van der Waals surface area contributed by atoms with Crippen molar-refractivity contribution in [3.8, 4) is 0 Å². The molecule has 0 atom stereocenters. The molecule has 0 unspecified atom stereocenters. The van der Waals surface area contributed by atoms with Crippen LogP contribution in [-0.2, 0) is 0 Å². The second-order valence-corrected chi connectivity index (χ2v) is 6.51. The lowest BCUT2D eigenvalue weighted by Crippen LogP contribution is -1.94. The molecule has 0 aliphatic carbocycles. The fourth-order valence-electron chi connectivity index (χ4n) is 3.89. The quantitative estimate of drug-likeness (QED) is 0.338. The van der Waals surface area contributed by atoms with E-state index >= 15 is 0 Å². The van der Waals surface area contributed by atoms with E-state index in [2.05, 4.69) is 65.0 Å². The highest BCUT2D eigenvalue weighted by atomic mass is 14.2. The summed E-state index contributed by atoms with van der Waals surface area (Å²) in [6.45, 7) is 11.2. The molecule has 0 saturated carbocycles. The average molecular weight is 272 g/mol. The van der Waals surface area contributed by atoms with Crippen molar-refractivity contribution < 1.29 is 0 Å². The lowest BCUT2D eigenvalue weighted by atomic mass is 9.85.